The summed E-state index contributed by atoms with van der Waals surface area (Å²) in [5.74, 6) is -2.83. The van der Waals surface area contributed by atoms with Crippen LogP contribution in [-0.4, -0.2) is 30.4 Å². The van der Waals surface area contributed by atoms with Gasteiger partial charge in [0.05, 0.1) is 0 Å². The average Bonchev–Trinajstić information content (AvgIpc) is 2.97. The number of hydrogen-bond acceptors (Lipinski definition) is 5. The maximum Gasteiger partial charge on any atom is 0.332 e. The number of benzene rings is 1. The van der Waals surface area contributed by atoms with E-state index in [1.54, 1.807) is 12.1 Å². The number of halogens is 2. The molecule has 4 aromatic rings. The van der Waals surface area contributed by atoms with Crippen molar-refractivity contribution in [1.82, 2.24) is 24.5 Å². The molecule has 10 heteroatoms. The molecule has 1 amide bonds. The third kappa shape index (κ3) is 2.63. The van der Waals surface area contributed by atoms with Gasteiger partial charge in [0.25, 0.3) is 5.91 Å². The standard InChI is InChI=1S/C17H10F2N6O2/c18-9-2-1-3-10(19)13(9)25-16-12(23-17(25)27)11(14(20)26)22-15(24-16)8-4-6-21-7-5-8/h1-7H,(H2,20,26)(H,23,27). The summed E-state index contributed by atoms with van der Waals surface area (Å²) in [7, 11) is 0. The number of pyridine rings is 1. The van der Waals surface area contributed by atoms with Gasteiger partial charge in [0.2, 0.25) is 0 Å². The summed E-state index contributed by atoms with van der Waals surface area (Å²) in [5, 5.41) is 0. The number of nitrogens with two attached hydrogens (primary N) is 1. The van der Waals surface area contributed by atoms with E-state index in [0.29, 0.717) is 10.1 Å². The molecule has 0 bridgehead atoms. The summed E-state index contributed by atoms with van der Waals surface area (Å²) >= 11 is 0. The smallest absolute Gasteiger partial charge is 0.332 e. The van der Waals surface area contributed by atoms with E-state index in [1.807, 2.05) is 0 Å². The Morgan fingerprint density at radius 1 is 1.07 bits per heavy atom. The number of amides is 1. The number of nitrogens with zero attached hydrogens (tertiary/aromatic N) is 4. The van der Waals surface area contributed by atoms with Gasteiger partial charge in [-0.15, -0.1) is 0 Å². The van der Waals surface area contributed by atoms with Gasteiger partial charge in [-0.25, -0.2) is 28.1 Å². The zero-order chi connectivity index (χ0) is 19.1. The summed E-state index contributed by atoms with van der Waals surface area (Å²) in [6.45, 7) is 0. The summed E-state index contributed by atoms with van der Waals surface area (Å²) < 4.78 is 29.2. The molecule has 0 atom stereocenters. The first-order chi connectivity index (χ1) is 13.0. The molecule has 8 nitrogen and oxygen atoms in total. The molecule has 0 saturated heterocycles. The van der Waals surface area contributed by atoms with Gasteiger partial charge in [-0.1, -0.05) is 6.07 Å². The van der Waals surface area contributed by atoms with Crippen molar-refractivity contribution < 1.29 is 13.6 Å². The number of hydrogen-bond donors (Lipinski definition) is 2. The minimum absolute atomic E-state index is 0.0446. The molecule has 0 unspecified atom stereocenters. The van der Waals surface area contributed by atoms with Crippen LogP contribution in [0, 0.1) is 11.6 Å². The first kappa shape index (κ1) is 16.5. The fourth-order valence-electron chi connectivity index (χ4n) is 2.70. The second-order valence-corrected chi connectivity index (χ2v) is 5.53. The van der Waals surface area contributed by atoms with E-state index in [9.17, 15) is 18.4 Å². The second-order valence-electron chi connectivity index (χ2n) is 5.53. The molecule has 27 heavy (non-hydrogen) atoms. The van der Waals surface area contributed by atoms with Crippen LogP contribution in [0.15, 0.2) is 47.5 Å². The zero-order valence-electron chi connectivity index (χ0n) is 13.5. The topological polar surface area (TPSA) is 120 Å². The lowest BCUT2D eigenvalue weighted by molar-refractivity contribution is 0.0997. The number of carbonyl (C=O) groups is 1. The largest absolute Gasteiger partial charge is 0.364 e. The van der Waals surface area contributed by atoms with Crippen molar-refractivity contribution in [2.45, 2.75) is 0 Å². The molecule has 1 aromatic carbocycles. The van der Waals surface area contributed by atoms with Crippen LogP contribution in [-0.2, 0) is 0 Å². The third-order valence-corrected chi connectivity index (χ3v) is 3.87. The molecule has 0 saturated carbocycles. The molecule has 0 aliphatic rings. The van der Waals surface area contributed by atoms with Gasteiger partial charge in [0.1, 0.15) is 22.8 Å². The van der Waals surface area contributed by atoms with E-state index in [1.165, 1.54) is 18.5 Å². The highest BCUT2D eigenvalue weighted by Gasteiger charge is 2.23. The molecule has 0 aliphatic carbocycles. The van der Waals surface area contributed by atoms with Gasteiger partial charge in [0, 0.05) is 18.0 Å². The van der Waals surface area contributed by atoms with Gasteiger partial charge in [-0.3, -0.25) is 9.78 Å². The van der Waals surface area contributed by atoms with Crippen LogP contribution in [0.3, 0.4) is 0 Å². The minimum Gasteiger partial charge on any atom is -0.364 e. The van der Waals surface area contributed by atoms with Crippen molar-refractivity contribution in [2.75, 3.05) is 0 Å². The van der Waals surface area contributed by atoms with Crippen molar-refractivity contribution in [3.05, 3.63) is 70.5 Å². The molecule has 3 heterocycles. The molecule has 0 fully saturated rings. The van der Waals surface area contributed by atoms with Crippen LogP contribution in [0.2, 0.25) is 0 Å². The molecular formula is C17H10F2N6O2. The monoisotopic (exact) mass is 368 g/mol. The predicted molar refractivity (Wildman–Crippen MR) is 91.2 cm³/mol. The number of para-hydroxylation sites is 1. The van der Waals surface area contributed by atoms with E-state index in [0.717, 1.165) is 12.1 Å². The Labute approximate surface area is 149 Å². The van der Waals surface area contributed by atoms with E-state index in [2.05, 4.69) is 19.9 Å². The van der Waals surface area contributed by atoms with Crippen molar-refractivity contribution in [1.29, 1.82) is 0 Å². The number of rotatable bonds is 3. The van der Waals surface area contributed by atoms with Crippen LogP contribution in [0.25, 0.3) is 28.2 Å². The molecule has 4 rings (SSSR count). The first-order valence-corrected chi connectivity index (χ1v) is 7.64. The van der Waals surface area contributed by atoms with E-state index in [4.69, 9.17) is 5.73 Å². The Morgan fingerprint density at radius 3 is 2.37 bits per heavy atom. The number of primary amides is 1. The van der Waals surface area contributed by atoms with Crippen LogP contribution in [0.1, 0.15) is 10.5 Å². The minimum atomic E-state index is -0.970. The molecule has 3 aromatic heterocycles. The van der Waals surface area contributed by atoms with Gasteiger partial charge in [-0.05, 0) is 24.3 Å². The van der Waals surface area contributed by atoms with Crippen molar-refractivity contribution in [2.24, 2.45) is 5.73 Å². The van der Waals surface area contributed by atoms with Crippen LogP contribution in [0.5, 0.6) is 0 Å². The zero-order valence-corrected chi connectivity index (χ0v) is 13.5. The summed E-state index contributed by atoms with van der Waals surface area (Å²) in [6, 6.07) is 6.32. The lowest BCUT2D eigenvalue weighted by atomic mass is 10.2. The number of imidazole rings is 1. The molecule has 0 aliphatic heterocycles. The molecule has 0 radical (unpaired) electrons. The predicted octanol–water partition coefficient (Wildman–Crippen LogP) is 1.55. The van der Waals surface area contributed by atoms with E-state index < -0.39 is 28.9 Å². The molecule has 134 valence electrons. The van der Waals surface area contributed by atoms with Gasteiger partial charge >= 0.3 is 5.69 Å². The Bertz CT molecular complexity index is 1230. The van der Waals surface area contributed by atoms with Crippen LogP contribution in [0.4, 0.5) is 8.78 Å². The lowest BCUT2D eigenvalue weighted by Crippen LogP contribution is -2.17. The van der Waals surface area contributed by atoms with E-state index >= 15 is 0 Å². The summed E-state index contributed by atoms with van der Waals surface area (Å²) in [4.78, 5) is 38.8. The number of H-pyrrole nitrogens is 1. The van der Waals surface area contributed by atoms with Gasteiger partial charge < -0.3 is 10.7 Å². The molecule has 3 N–H and O–H groups in total. The summed E-state index contributed by atoms with van der Waals surface area (Å²) in [5.41, 5.74) is 3.75. The maximum atomic E-state index is 14.2. The third-order valence-electron chi connectivity index (χ3n) is 3.87. The highest BCUT2D eigenvalue weighted by atomic mass is 19.1. The highest BCUT2D eigenvalue weighted by molar-refractivity contribution is 6.02. The normalized spacial score (nSPS) is 11.0. The molecule has 0 spiro atoms. The number of nitrogens with one attached hydrogen (secondary N) is 1. The fourth-order valence-corrected chi connectivity index (χ4v) is 2.70. The molecular weight excluding hydrogens is 358 g/mol. The first-order valence-electron chi connectivity index (χ1n) is 7.64. The van der Waals surface area contributed by atoms with E-state index in [-0.39, 0.29) is 22.7 Å². The van der Waals surface area contributed by atoms with Crippen LogP contribution < -0.4 is 11.4 Å². The Morgan fingerprint density at radius 2 is 1.74 bits per heavy atom. The highest BCUT2D eigenvalue weighted by Crippen LogP contribution is 2.23. The Hall–Kier alpha value is -3.95. The number of carbonyl (C=O) groups excluding carboxylic acids is 1. The average molecular weight is 368 g/mol. The summed E-state index contributed by atoms with van der Waals surface area (Å²) in [6.07, 6.45) is 2.96. The Balaban J connectivity index is 2.13. The quantitative estimate of drug-likeness (QED) is 0.568. The second kappa shape index (κ2) is 6.09. The fraction of sp³-hybridized carbons (Fsp3) is 0. The maximum absolute atomic E-state index is 14.2. The number of fused-ring (bicyclic) bond motifs is 1. The number of aromatic nitrogens is 5. The van der Waals surface area contributed by atoms with Gasteiger partial charge in [-0.2, -0.15) is 0 Å². The van der Waals surface area contributed by atoms with Crippen LogP contribution >= 0.6 is 0 Å². The van der Waals surface area contributed by atoms with Gasteiger partial charge in [0.15, 0.2) is 17.2 Å². The van der Waals surface area contributed by atoms with Crippen molar-refractivity contribution >= 4 is 17.1 Å². The lowest BCUT2D eigenvalue weighted by Gasteiger charge is -2.08. The van der Waals surface area contributed by atoms with Crippen molar-refractivity contribution in [3.8, 4) is 17.1 Å². The SMILES string of the molecule is NC(=O)c1nc(-c2ccncc2)nc2c1[nH]c(=O)n2-c1c(F)cccc1F. The Kier molecular flexibility index (Phi) is 3.73. The number of aromatic amines is 1. The van der Waals surface area contributed by atoms with Crippen molar-refractivity contribution in [3.63, 3.8) is 0 Å².